The maximum absolute atomic E-state index is 11.3. The van der Waals surface area contributed by atoms with Gasteiger partial charge >= 0.3 is 0 Å². The third-order valence-electron chi connectivity index (χ3n) is 1.69. The molecule has 1 aromatic rings. The lowest BCUT2D eigenvalue weighted by Crippen LogP contribution is -2.20. The standard InChI is InChI=1S/C9H12N4O3/c1-15-2-3-16-6-8(14)12-9-7(4-10)5-11-13-9/h5H,2-3,6H2,1H3,(H2,11,12,13,14). The van der Waals surface area contributed by atoms with Crippen LogP contribution in [0.2, 0.25) is 0 Å². The SMILES string of the molecule is COCCOCC(=O)Nc1[nH]ncc1C#N. The van der Waals surface area contributed by atoms with Gasteiger partial charge in [0.05, 0.1) is 19.4 Å². The van der Waals surface area contributed by atoms with Gasteiger partial charge in [-0.2, -0.15) is 10.4 Å². The number of aromatic nitrogens is 2. The van der Waals surface area contributed by atoms with E-state index in [0.29, 0.717) is 13.2 Å². The number of hydrogen-bond donors (Lipinski definition) is 2. The predicted molar refractivity (Wildman–Crippen MR) is 54.6 cm³/mol. The molecule has 0 aliphatic carbocycles. The fourth-order valence-corrected chi connectivity index (χ4v) is 0.949. The number of ether oxygens (including phenoxy) is 2. The minimum Gasteiger partial charge on any atom is -0.382 e. The highest BCUT2D eigenvalue weighted by Gasteiger charge is 2.08. The summed E-state index contributed by atoms with van der Waals surface area (Å²) < 4.78 is 9.75. The van der Waals surface area contributed by atoms with Crippen molar-refractivity contribution in [2.45, 2.75) is 0 Å². The van der Waals surface area contributed by atoms with Crippen molar-refractivity contribution in [2.75, 3.05) is 32.2 Å². The van der Waals surface area contributed by atoms with Crippen LogP contribution in [0.25, 0.3) is 0 Å². The van der Waals surface area contributed by atoms with Crippen LogP contribution < -0.4 is 5.32 Å². The van der Waals surface area contributed by atoms with E-state index in [1.165, 1.54) is 6.20 Å². The summed E-state index contributed by atoms with van der Waals surface area (Å²) in [5, 5.41) is 17.3. The minimum absolute atomic E-state index is 0.0900. The number of nitrogens with one attached hydrogen (secondary N) is 2. The molecule has 0 bridgehead atoms. The Bertz CT molecular complexity index is 382. The van der Waals surface area contributed by atoms with E-state index >= 15 is 0 Å². The zero-order chi connectivity index (χ0) is 11.8. The molecule has 0 spiro atoms. The smallest absolute Gasteiger partial charge is 0.251 e. The van der Waals surface area contributed by atoms with Crippen LogP contribution in [-0.2, 0) is 14.3 Å². The van der Waals surface area contributed by atoms with Gasteiger partial charge < -0.3 is 14.8 Å². The number of aromatic amines is 1. The molecule has 1 aromatic heterocycles. The molecule has 0 aliphatic rings. The number of hydrogen-bond acceptors (Lipinski definition) is 5. The van der Waals surface area contributed by atoms with Gasteiger partial charge in [0, 0.05) is 7.11 Å². The molecule has 0 aromatic carbocycles. The Hall–Kier alpha value is -1.91. The van der Waals surface area contributed by atoms with Gasteiger partial charge in [0.15, 0.2) is 0 Å². The second-order valence-electron chi connectivity index (χ2n) is 2.86. The molecule has 2 N–H and O–H groups in total. The molecule has 16 heavy (non-hydrogen) atoms. The van der Waals surface area contributed by atoms with Crippen LogP contribution in [0.15, 0.2) is 6.20 Å². The number of anilines is 1. The molecule has 0 saturated carbocycles. The summed E-state index contributed by atoms with van der Waals surface area (Å²) in [6.45, 7) is 0.687. The first-order valence-corrected chi connectivity index (χ1v) is 4.58. The monoisotopic (exact) mass is 224 g/mol. The zero-order valence-corrected chi connectivity index (χ0v) is 8.82. The minimum atomic E-state index is -0.350. The number of rotatable bonds is 6. The van der Waals surface area contributed by atoms with Gasteiger partial charge in [0.1, 0.15) is 24.1 Å². The third kappa shape index (κ3) is 3.68. The number of methoxy groups -OCH3 is 1. The van der Waals surface area contributed by atoms with Gasteiger partial charge in [-0.1, -0.05) is 0 Å². The Morgan fingerprint density at radius 2 is 2.50 bits per heavy atom. The van der Waals surface area contributed by atoms with E-state index in [4.69, 9.17) is 14.7 Å². The summed E-state index contributed by atoms with van der Waals surface area (Å²) in [6, 6.07) is 1.89. The van der Waals surface area contributed by atoms with Crippen LogP contribution in [0.4, 0.5) is 5.82 Å². The van der Waals surface area contributed by atoms with Crippen molar-refractivity contribution in [3.8, 4) is 6.07 Å². The Labute approximate surface area is 92.3 Å². The zero-order valence-electron chi connectivity index (χ0n) is 8.82. The molecule has 0 unspecified atom stereocenters. The number of carbonyl (C=O) groups is 1. The van der Waals surface area contributed by atoms with Crippen molar-refractivity contribution in [2.24, 2.45) is 0 Å². The molecule has 1 amide bonds. The largest absolute Gasteiger partial charge is 0.382 e. The summed E-state index contributed by atoms with van der Waals surface area (Å²) in [4.78, 5) is 11.3. The van der Waals surface area contributed by atoms with Crippen LogP contribution in [0.5, 0.6) is 0 Å². The molecule has 7 nitrogen and oxygen atoms in total. The van der Waals surface area contributed by atoms with Crippen LogP contribution in [0.3, 0.4) is 0 Å². The summed E-state index contributed by atoms with van der Waals surface area (Å²) in [5.41, 5.74) is 0.283. The topological polar surface area (TPSA) is 100 Å². The van der Waals surface area contributed by atoms with Crippen LogP contribution in [0.1, 0.15) is 5.56 Å². The molecule has 0 radical (unpaired) electrons. The summed E-state index contributed by atoms with van der Waals surface area (Å²) in [5.74, 6) is -0.0697. The first-order chi connectivity index (χ1) is 7.77. The molecule has 0 fully saturated rings. The van der Waals surface area contributed by atoms with E-state index < -0.39 is 0 Å². The molecule has 0 saturated heterocycles. The number of H-pyrrole nitrogens is 1. The Balaban J connectivity index is 2.32. The first-order valence-electron chi connectivity index (χ1n) is 4.58. The lowest BCUT2D eigenvalue weighted by atomic mass is 10.3. The lowest BCUT2D eigenvalue weighted by molar-refractivity contribution is -0.121. The summed E-state index contributed by atoms with van der Waals surface area (Å²) in [7, 11) is 1.55. The molecule has 0 atom stereocenters. The fourth-order valence-electron chi connectivity index (χ4n) is 0.949. The average molecular weight is 224 g/mol. The Kier molecular flexibility index (Phi) is 4.98. The van der Waals surface area contributed by atoms with E-state index in [2.05, 4.69) is 15.5 Å². The first kappa shape index (κ1) is 12.2. The van der Waals surface area contributed by atoms with Crippen molar-refractivity contribution >= 4 is 11.7 Å². The third-order valence-corrected chi connectivity index (χ3v) is 1.69. The summed E-state index contributed by atoms with van der Waals surface area (Å²) in [6.07, 6.45) is 1.33. The maximum atomic E-state index is 11.3. The van der Waals surface area contributed by atoms with Crippen molar-refractivity contribution in [1.29, 1.82) is 5.26 Å². The van der Waals surface area contributed by atoms with E-state index in [-0.39, 0.29) is 23.9 Å². The quantitative estimate of drug-likeness (QED) is 0.656. The van der Waals surface area contributed by atoms with E-state index in [1.807, 2.05) is 6.07 Å². The lowest BCUT2D eigenvalue weighted by Gasteiger charge is -2.04. The Morgan fingerprint density at radius 1 is 1.69 bits per heavy atom. The van der Waals surface area contributed by atoms with Crippen molar-refractivity contribution in [3.63, 3.8) is 0 Å². The van der Waals surface area contributed by atoms with Gasteiger partial charge in [0.25, 0.3) is 5.91 Å². The fraction of sp³-hybridized carbons (Fsp3) is 0.444. The number of nitriles is 1. The highest BCUT2D eigenvalue weighted by atomic mass is 16.5. The van der Waals surface area contributed by atoms with Gasteiger partial charge in [-0.15, -0.1) is 0 Å². The molecule has 1 rings (SSSR count). The number of nitrogens with zero attached hydrogens (tertiary/aromatic N) is 2. The molecule has 86 valence electrons. The molecule has 0 aliphatic heterocycles. The highest BCUT2D eigenvalue weighted by Crippen LogP contribution is 2.08. The molecule has 1 heterocycles. The molecular formula is C9H12N4O3. The maximum Gasteiger partial charge on any atom is 0.251 e. The van der Waals surface area contributed by atoms with E-state index in [0.717, 1.165) is 0 Å². The van der Waals surface area contributed by atoms with Gasteiger partial charge in [0.2, 0.25) is 0 Å². The number of carbonyl (C=O) groups excluding carboxylic acids is 1. The highest BCUT2D eigenvalue weighted by molar-refractivity contribution is 5.91. The van der Waals surface area contributed by atoms with Crippen LogP contribution in [0, 0.1) is 11.3 Å². The summed E-state index contributed by atoms with van der Waals surface area (Å²) >= 11 is 0. The van der Waals surface area contributed by atoms with Gasteiger partial charge in [-0.25, -0.2) is 0 Å². The van der Waals surface area contributed by atoms with Crippen molar-refractivity contribution in [3.05, 3.63) is 11.8 Å². The van der Waals surface area contributed by atoms with Gasteiger partial charge in [-0.05, 0) is 0 Å². The second-order valence-corrected chi connectivity index (χ2v) is 2.86. The number of amides is 1. The molecule has 7 heteroatoms. The van der Waals surface area contributed by atoms with Crippen LogP contribution in [-0.4, -0.2) is 43.0 Å². The molecular weight excluding hydrogens is 212 g/mol. The average Bonchev–Trinajstić information content (AvgIpc) is 2.71. The van der Waals surface area contributed by atoms with Crippen molar-refractivity contribution in [1.82, 2.24) is 10.2 Å². The second kappa shape index (κ2) is 6.55. The van der Waals surface area contributed by atoms with Gasteiger partial charge in [-0.3, -0.25) is 9.89 Å². The van der Waals surface area contributed by atoms with E-state index in [9.17, 15) is 4.79 Å². The normalized spacial score (nSPS) is 9.75. The Morgan fingerprint density at radius 3 is 3.19 bits per heavy atom. The van der Waals surface area contributed by atoms with E-state index in [1.54, 1.807) is 7.11 Å². The van der Waals surface area contributed by atoms with Crippen molar-refractivity contribution < 1.29 is 14.3 Å². The predicted octanol–water partition coefficient (Wildman–Crippen LogP) is -0.117. The van der Waals surface area contributed by atoms with Crippen LogP contribution >= 0.6 is 0 Å².